The van der Waals surface area contributed by atoms with Crippen LogP contribution >= 0.6 is 11.8 Å². The van der Waals surface area contributed by atoms with Crippen molar-refractivity contribution in [2.24, 2.45) is 0 Å². The smallest absolute Gasteiger partial charge is 0.251 e. The maximum Gasteiger partial charge on any atom is 0.251 e. The maximum absolute atomic E-state index is 12.4. The third kappa shape index (κ3) is 5.98. The van der Waals surface area contributed by atoms with Gasteiger partial charge in [-0.3, -0.25) is 4.79 Å². The third-order valence-corrected chi connectivity index (χ3v) is 4.63. The van der Waals surface area contributed by atoms with E-state index < -0.39 is 0 Å². The van der Waals surface area contributed by atoms with Crippen LogP contribution in [0.3, 0.4) is 0 Å². The molecule has 6 heteroatoms. The van der Waals surface area contributed by atoms with Crippen molar-refractivity contribution in [3.05, 3.63) is 83.4 Å². The van der Waals surface area contributed by atoms with Gasteiger partial charge in [-0.25, -0.2) is 4.98 Å². The average molecular weight is 382 g/mol. The first kappa shape index (κ1) is 19.2. The molecule has 0 fully saturated rings. The van der Waals surface area contributed by atoms with Crippen LogP contribution in [0.4, 0.5) is 0 Å². The Hall–Kier alpha value is -2.57. The Morgan fingerprint density at radius 2 is 2.04 bits per heavy atom. The van der Waals surface area contributed by atoms with Crippen molar-refractivity contribution in [3.63, 3.8) is 0 Å². The minimum Gasteiger partial charge on any atom is -0.467 e. The molecule has 0 radical (unpaired) electrons. The number of thioether (sulfide) groups is 1. The number of rotatable bonds is 9. The quantitative estimate of drug-likeness (QED) is 0.555. The molecule has 0 saturated carbocycles. The molecule has 3 aromatic rings. The van der Waals surface area contributed by atoms with E-state index in [-0.39, 0.29) is 5.91 Å². The summed E-state index contributed by atoms with van der Waals surface area (Å²) in [5.74, 6) is 1.62. The summed E-state index contributed by atoms with van der Waals surface area (Å²) in [7, 11) is 0. The van der Waals surface area contributed by atoms with Gasteiger partial charge in [0.15, 0.2) is 0 Å². The number of carbonyl (C=O) groups is 1. The molecule has 1 amide bonds. The summed E-state index contributed by atoms with van der Waals surface area (Å²) in [6.45, 7) is 3.45. The number of carbonyl (C=O) groups excluding carboxylic acids is 1. The first-order valence-electron chi connectivity index (χ1n) is 8.79. The van der Waals surface area contributed by atoms with Crippen LogP contribution in [0.25, 0.3) is 0 Å². The molecule has 27 heavy (non-hydrogen) atoms. The highest BCUT2D eigenvalue weighted by Gasteiger charge is 2.07. The van der Waals surface area contributed by atoms with E-state index in [1.54, 1.807) is 30.3 Å². The van der Waals surface area contributed by atoms with Crippen molar-refractivity contribution in [3.8, 4) is 0 Å². The van der Waals surface area contributed by atoms with Gasteiger partial charge in [0.05, 0.1) is 17.9 Å². The second-order valence-electron chi connectivity index (χ2n) is 5.89. The van der Waals surface area contributed by atoms with Crippen LogP contribution in [0, 0.1) is 0 Å². The number of benzene rings is 1. The number of hydrogen-bond acceptors (Lipinski definition) is 5. The molecule has 0 aliphatic carbocycles. The molecule has 0 unspecified atom stereocenters. The van der Waals surface area contributed by atoms with Gasteiger partial charge in [0.2, 0.25) is 0 Å². The molecular formula is C21H22N2O3S. The molecule has 3 rings (SSSR count). The molecule has 0 bridgehead atoms. The van der Waals surface area contributed by atoms with Crippen molar-refractivity contribution < 1.29 is 13.9 Å². The van der Waals surface area contributed by atoms with Crippen molar-refractivity contribution >= 4 is 17.7 Å². The van der Waals surface area contributed by atoms with E-state index in [1.807, 2.05) is 42.5 Å². The number of nitrogens with one attached hydrogen (secondary N) is 1. The lowest BCUT2D eigenvalue weighted by Crippen LogP contribution is -2.22. The number of ether oxygens (including phenoxy) is 1. The van der Waals surface area contributed by atoms with Crippen molar-refractivity contribution in [1.82, 2.24) is 10.3 Å². The average Bonchev–Trinajstić information content (AvgIpc) is 3.20. The fourth-order valence-electron chi connectivity index (χ4n) is 2.56. The second kappa shape index (κ2) is 9.94. The molecule has 0 aliphatic heterocycles. The van der Waals surface area contributed by atoms with E-state index in [2.05, 4.69) is 17.2 Å². The van der Waals surface area contributed by atoms with Crippen LogP contribution in [0.1, 0.15) is 34.2 Å². The number of aromatic nitrogens is 1. The molecular weight excluding hydrogens is 360 g/mol. The summed E-state index contributed by atoms with van der Waals surface area (Å²) < 4.78 is 10.9. The van der Waals surface area contributed by atoms with Crippen LogP contribution in [0.15, 0.2) is 70.4 Å². The van der Waals surface area contributed by atoms with Gasteiger partial charge >= 0.3 is 0 Å². The van der Waals surface area contributed by atoms with E-state index >= 15 is 0 Å². The van der Waals surface area contributed by atoms with E-state index in [0.717, 1.165) is 27.7 Å². The maximum atomic E-state index is 12.4. The zero-order valence-electron chi connectivity index (χ0n) is 15.2. The molecule has 0 atom stereocenters. The van der Waals surface area contributed by atoms with Crippen LogP contribution in [-0.4, -0.2) is 16.6 Å². The number of hydrogen-bond donors (Lipinski definition) is 1. The first-order valence-corrected chi connectivity index (χ1v) is 9.78. The van der Waals surface area contributed by atoms with Crippen LogP contribution in [-0.2, 0) is 24.5 Å². The van der Waals surface area contributed by atoms with E-state index in [0.29, 0.717) is 25.3 Å². The van der Waals surface area contributed by atoms with E-state index in [4.69, 9.17) is 9.15 Å². The van der Waals surface area contributed by atoms with E-state index in [9.17, 15) is 4.79 Å². The van der Waals surface area contributed by atoms with Gasteiger partial charge in [-0.1, -0.05) is 31.2 Å². The second-order valence-corrected chi connectivity index (χ2v) is 7.17. The fraction of sp³-hybridized carbons (Fsp3) is 0.238. The largest absolute Gasteiger partial charge is 0.467 e. The minimum atomic E-state index is -0.102. The highest BCUT2D eigenvalue weighted by Crippen LogP contribution is 2.15. The van der Waals surface area contributed by atoms with Gasteiger partial charge in [0, 0.05) is 18.3 Å². The summed E-state index contributed by atoms with van der Waals surface area (Å²) in [4.78, 5) is 16.6. The molecule has 140 valence electrons. The van der Waals surface area contributed by atoms with Gasteiger partial charge in [-0.05, 0) is 41.1 Å². The number of amides is 1. The standard InChI is InChI=1S/C21H22N2O3S/c1-2-27-20-12-18(8-9-22-20)21(24)23-13-16-5-3-6-17(11-16)14-25-15-19-7-4-10-26-19/h3-12H,2,13-15H2,1H3,(H,23,24). The number of pyridine rings is 1. The zero-order chi connectivity index (χ0) is 18.9. The molecule has 0 saturated heterocycles. The SMILES string of the molecule is CCSc1cc(C(=O)NCc2cccc(COCc3ccco3)c2)ccn1. The van der Waals surface area contributed by atoms with Crippen LogP contribution in [0.5, 0.6) is 0 Å². The Kier molecular flexibility index (Phi) is 7.07. The van der Waals surface area contributed by atoms with Crippen molar-refractivity contribution in [1.29, 1.82) is 0 Å². The van der Waals surface area contributed by atoms with Crippen molar-refractivity contribution in [2.75, 3.05) is 5.75 Å². The van der Waals surface area contributed by atoms with Gasteiger partial charge in [0.25, 0.3) is 5.91 Å². The lowest BCUT2D eigenvalue weighted by atomic mass is 10.1. The Morgan fingerprint density at radius 3 is 2.85 bits per heavy atom. The third-order valence-electron chi connectivity index (χ3n) is 3.83. The summed E-state index contributed by atoms with van der Waals surface area (Å²) in [5, 5.41) is 3.82. The Morgan fingerprint density at radius 1 is 1.15 bits per heavy atom. The molecule has 5 nitrogen and oxygen atoms in total. The summed E-state index contributed by atoms with van der Waals surface area (Å²) in [6, 6.07) is 15.3. The molecule has 2 aromatic heterocycles. The highest BCUT2D eigenvalue weighted by molar-refractivity contribution is 7.99. The normalized spacial score (nSPS) is 10.7. The van der Waals surface area contributed by atoms with Crippen LogP contribution < -0.4 is 5.32 Å². The van der Waals surface area contributed by atoms with E-state index in [1.165, 1.54) is 0 Å². The molecule has 2 heterocycles. The molecule has 1 aromatic carbocycles. The monoisotopic (exact) mass is 382 g/mol. The predicted octanol–water partition coefficient (Wildman–Crippen LogP) is 4.43. The summed E-state index contributed by atoms with van der Waals surface area (Å²) in [6.07, 6.45) is 3.30. The number of furan rings is 1. The first-order chi connectivity index (χ1) is 13.2. The Labute approximate surface area is 163 Å². The molecule has 0 spiro atoms. The molecule has 0 aliphatic rings. The van der Waals surface area contributed by atoms with Gasteiger partial charge in [-0.2, -0.15) is 0 Å². The Balaban J connectivity index is 1.51. The fourth-order valence-corrected chi connectivity index (χ4v) is 3.20. The molecule has 1 N–H and O–H groups in total. The topological polar surface area (TPSA) is 64.4 Å². The predicted molar refractivity (Wildman–Crippen MR) is 105 cm³/mol. The Bertz CT molecular complexity index is 865. The summed E-state index contributed by atoms with van der Waals surface area (Å²) in [5.41, 5.74) is 2.71. The lowest BCUT2D eigenvalue weighted by molar-refractivity contribution is 0.0928. The summed E-state index contributed by atoms with van der Waals surface area (Å²) >= 11 is 1.62. The van der Waals surface area contributed by atoms with Crippen molar-refractivity contribution in [2.45, 2.75) is 31.7 Å². The zero-order valence-corrected chi connectivity index (χ0v) is 16.0. The van der Waals surface area contributed by atoms with Gasteiger partial charge < -0.3 is 14.5 Å². The highest BCUT2D eigenvalue weighted by atomic mass is 32.2. The minimum absolute atomic E-state index is 0.102. The number of nitrogens with zero attached hydrogens (tertiary/aromatic N) is 1. The van der Waals surface area contributed by atoms with Gasteiger partial charge in [0.1, 0.15) is 12.4 Å². The van der Waals surface area contributed by atoms with Gasteiger partial charge in [-0.15, -0.1) is 11.8 Å². The lowest BCUT2D eigenvalue weighted by Gasteiger charge is -2.08. The van der Waals surface area contributed by atoms with Crippen LogP contribution in [0.2, 0.25) is 0 Å².